The molecule has 5 N–H and O–H groups in total. The highest BCUT2D eigenvalue weighted by atomic mass is 35.5. The quantitative estimate of drug-likeness (QED) is 0.155. The van der Waals surface area contributed by atoms with E-state index >= 15 is 0 Å². The molecule has 51 heavy (non-hydrogen) atoms. The molecule has 1 unspecified atom stereocenters. The van der Waals surface area contributed by atoms with Crippen LogP contribution in [-0.4, -0.2) is 101 Å². The Kier molecular flexibility index (Phi) is 14.8. The molecule has 3 aliphatic rings. The number of benzene rings is 2. The van der Waals surface area contributed by atoms with E-state index in [4.69, 9.17) is 36.8 Å². The smallest absolute Gasteiger partial charge is 0.328 e. The molecule has 0 bridgehead atoms. The molecule has 0 spiro atoms. The normalized spacial score (nSPS) is 17.8. The average molecular weight is 749 g/mol. The molecule has 2 aromatic rings. The van der Waals surface area contributed by atoms with Gasteiger partial charge in [-0.25, -0.2) is 27.6 Å². The molecule has 2 fully saturated rings. The number of nitrogens with one attached hydrogen (secondary N) is 1. The maximum Gasteiger partial charge on any atom is 0.328 e. The monoisotopic (exact) mass is 748 g/mol. The lowest BCUT2D eigenvalue weighted by Gasteiger charge is -2.50. The number of fused-ring (bicyclic) bond motifs is 1. The van der Waals surface area contributed by atoms with Gasteiger partial charge in [0.15, 0.2) is 9.84 Å². The van der Waals surface area contributed by atoms with Crippen LogP contribution in [-0.2, 0) is 45.6 Å². The number of carbonyl (C=O) groups excluding carboxylic acids is 1. The van der Waals surface area contributed by atoms with E-state index in [2.05, 4.69) is 29.6 Å². The molecule has 0 aromatic heterocycles. The van der Waals surface area contributed by atoms with Gasteiger partial charge in [-0.3, -0.25) is 4.79 Å². The maximum atomic E-state index is 12.5. The Hall–Kier alpha value is -4.73. The first-order valence-electron chi connectivity index (χ1n) is 16.0. The molecule has 276 valence electrons. The summed E-state index contributed by atoms with van der Waals surface area (Å²) < 4.78 is 31.1. The number of sulfone groups is 1. The number of aliphatic carboxylic acids is 4. The van der Waals surface area contributed by atoms with Gasteiger partial charge in [0.1, 0.15) is 5.75 Å². The zero-order valence-electron chi connectivity index (χ0n) is 27.9. The number of hydrogen-bond acceptors (Lipinski definition) is 9. The zero-order chi connectivity index (χ0) is 37.8. The Bertz CT molecular complexity index is 1680. The highest BCUT2D eigenvalue weighted by molar-refractivity contribution is 7.92. The molecule has 14 nitrogen and oxygen atoms in total. The summed E-state index contributed by atoms with van der Waals surface area (Å²) in [5, 5.41) is 35.4. The van der Waals surface area contributed by atoms with Crippen LogP contribution in [0, 0.1) is 0 Å². The first kappa shape index (κ1) is 40.7. The SMILES string of the molecule is CC(=O)N1CC(S(=O)(=O)CCCOc2ccc3c(c2)C(C2(c4ccc(Cl)cc4)CCC2)NCC3)C1.O=C(O)/C=C/C(=O)O.O=C(O)/C=C/C(=O)O. The second-order valence-electron chi connectivity index (χ2n) is 12.1. The fourth-order valence-corrected chi connectivity index (χ4v) is 7.81. The topological polar surface area (TPSA) is 225 Å². The van der Waals surface area contributed by atoms with Crippen LogP contribution < -0.4 is 10.1 Å². The molecular weight excluding hydrogens is 708 g/mol. The van der Waals surface area contributed by atoms with Crippen molar-refractivity contribution in [3.05, 3.63) is 88.5 Å². The molecule has 2 aromatic carbocycles. The third kappa shape index (κ3) is 11.9. The third-order valence-corrected chi connectivity index (χ3v) is 11.2. The van der Waals surface area contributed by atoms with Gasteiger partial charge in [0.05, 0.1) is 17.6 Å². The Balaban J connectivity index is 0.000000366. The van der Waals surface area contributed by atoms with Gasteiger partial charge >= 0.3 is 23.9 Å². The fraction of sp³-hybridized carbons (Fsp3) is 0.400. The summed E-state index contributed by atoms with van der Waals surface area (Å²) in [7, 11) is -3.21. The van der Waals surface area contributed by atoms with Crippen LogP contribution >= 0.6 is 11.6 Å². The summed E-state index contributed by atoms with van der Waals surface area (Å²) in [5.41, 5.74) is 4.02. The van der Waals surface area contributed by atoms with Crippen LogP contribution in [0.2, 0.25) is 5.02 Å². The van der Waals surface area contributed by atoms with Gasteiger partial charge in [-0.1, -0.05) is 36.2 Å². The van der Waals surface area contributed by atoms with Crippen LogP contribution in [0.25, 0.3) is 0 Å². The molecular formula is C35H41ClN2O12S. The van der Waals surface area contributed by atoms with E-state index in [0.29, 0.717) is 50.4 Å². The van der Waals surface area contributed by atoms with E-state index in [0.717, 1.165) is 36.6 Å². The number of halogens is 1. The van der Waals surface area contributed by atoms with Crippen LogP contribution in [0.1, 0.15) is 55.3 Å². The number of carboxylic acids is 4. The van der Waals surface area contributed by atoms with Gasteiger partial charge in [-0.15, -0.1) is 0 Å². The summed E-state index contributed by atoms with van der Waals surface area (Å²) in [6.45, 7) is 3.40. The minimum atomic E-state index is -3.21. The summed E-state index contributed by atoms with van der Waals surface area (Å²) >= 11 is 6.16. The van der Waals surface area contributed by atoms with Crippen LogP contribution in [0.15, 0.2) is 66.8 Å². The number of likely N-dealkylation sites (tertiary alicyclic amines) is 1. The number of carbonyl (C=O) groups is 5. The summed E-state index contributed by atoms with van der Waals surface area (Å²) in [5.74, 6) is -4.23. The number of carboxylic acid groups (broad SMARTS) is 4. The largest absolute Gasteiger partial charge is 0.494 e. The van der Waals surface area contributed by atoms with Crippen molar-refractivity contribution in [3.63, 3.8) is 0 Å². The summed E-state index contributed by atoms with van der Waals surface area (Å²) in [6, 6.07) is 14.8. The predicted octanol–water partition coefficient (Wildman–Crippen LogP) is 3.49. The van der Waals surface area contributed by atoms with Crippen molar-refractivity contribution in [3.8, 4) is 5.75 Å². The van der Waals surface area contributed by atoms with Crippen LogP contribution in [0.5, 0.6) is 5.75 Å². The van der Waals surface area contributed by atoms with Gasteiger partial charge in [0.25, 0.3) is 0 Å². The zero-order valence-corrected chi connectivity index (χ0v) is 29.4. The number of ether oxygens (including phenoxy) is 1. The Morgan fingerprint density at radius 2 is 1.45 bits per heavy atom. The Morgan fingerprint density at radius 3 is 1.92 bits per heavy atom. The number of hydrogen-bond donors (Lipinski definition) is 5. The molecule has 5 rings (SSSR count). The van der Waals surface area contributed by atoms with E-state index in [-0.39, 0.29) is 23.1 Å². The number of nitrogens with zero attached hydrogens (tertiary/aromatic N) is 1. The molecule has 1 aliphatic carbocycles. The van der Waals surface area contributed by atoms with Gasteiger partial charge in [0.2, 0.25) is 5.91 Å². The lowest BCUT2D eigenvalue weighted by atomic mass is 9.58. The van der Waals surface area contributed by atoms with Crippen molar-refractivity contribution in [2.24, 2.45) is 0 Å². The second-order valence-corrected chi connectivity index (χ2v) is 15.0. The number of amides is 1. The average Bonchev–Trinajstić information content (AvgIpc) is 3.01. The molecule has 1 saturated heterocycles. The molecule has 2 heterocycles. The third-order valence-electron chi connectivity index (χ3n) is 8.77. The standard InChI is InChI=1S/C27H33ClN2O4S.2C4H4O4/c1-19(31)30-17-24(18-30)35(32,33)15-3-14-34-23-9-4-20-10-13-29-26(25(20)16-23)27(11-2-12-27)21-5-7-22(28)8-6-21;2*5-3(6)1-2-4(7)8/h4-9,16,24,26,29H,2-3,10-15,17-18H2,1H3;2*1-2H,(H,5,6)(H,7,8)/b;2*2-1+. The first-order chi connectivity index (χ1) is 24.0. The minimum Gasteiger partial charge on any atom is -0.494 e. The molecule has 1 atom stereocenters. The second kappa shape index (κ2) is 18.5. The lowest BCUT2D eigenvalue weighted by Crippen LogP contribution is -2.56. The lowest BCUT2D eigenvalue weighted by molar-refractivity contribution is -0.134. The van der Waals surface area contributed by atoms with E-state index in [1.54, 1.807) is 4.90 Å². The molecule has 1 amide bonds. The molecule has 2 aliphatic heterocycles. The Morgan fingerprint density at radius 1 is 0.902 bits per heavy atom. The fourth-order valence-electron chi connectivity index (χ4n) is 6.02. The molecule has 0 radical (unpaired) electrons. The molecule has 16 heteroatoms. The van der Waals surface area contributed by atoms with Crippen LogP contribution in [0.3, 0.4) is 0 Å². The summed E-state index contributed by atoms with van der Waals surface area (Å²) in [6.07, 6.45) is 7.14. The van der Waals surface area contributed by atoms with Crippen LogP contribution in [0.4, 0.5) is 0 Å². The van der Waals surface area contributed by atoms with Crippen molar-refractivity contribution in [1.82, 2.24) is 10.2 Å². The highest BCUT2D eigenvalue weighted by Gasteiger charge is 2.47. The van der Waals surface area contributed by atoms with E-state index < -0.39 is 39.0 Å². The van der Waals surface area contributed by atoms with Gasteiger partial charge in [0, 0.05) is 60.8 Å². The van der Waals surface area contributed by atoms with Crippen molar-refractivity contribution >= 4 is 51.2 Å². The van der Waals surface area contributed by atoms with Gasteiger partial charge in [-0.2, -0.15) is 0 Å². The molecule has 1 saturated carbocycles. The minimum absolute atomic E-state index is 0.0585. The van der Waals surface area contributed by atoms with Crippen molar-refractivity contribution in [2.75, 3.05) is 32.0 Å². The highest BCUT2D eigenvalue weighted by Crippen LogP contribution is 2.53. The van der Waals surface area contributed by atoms with E-state index in [1.807, 2.05) is 18.2 Å². The van der Waals surface area contributed by atoms with Crippen molar-refractivity contribution in [1.29, 1.82) is 0 Å². The summed E-state index contributed by atoms with van der Waals surface area (Å²) in [4.78, 5) is 51.1. The first-order valence-corrected chi connectivity index (χ1v) is 18.1. The number of rotatable bonds is 12. The van der Waals surface area contributed by atoms with Gasteiger partial charge < -0.3 is 35.4 Å². The van der Waals surface area contributed by atoms with Crippen molar-refractivity contribution < 1.29 is 57.6 Å². The Labute approximate surface area is 300 Å². The van der Waals surface area contributed by atoms with Gasteiger partial charge in [-0.05, 0) is 73.2 Å². The van der Waals surface area contributed by atoms with E-state index in [9.17, 15) is 32.4 Å². The predicted molar refractivity (Wildman–Crippen MR) is 187 cm³/mol. The maximum absolute atomic E-state index is 12.5. The van der Waals surface area contributed by atoms with E-state index in [1.165, 1.54) is 30.0 Å². The van der Waals surface area contributed by atoms with Crippen molar-refractivity contribution in [2.45, 2.75) is 55.7 Å².